The second-order valence-corrected chi connectivity index (χ2v) is 4.56. The monoisotopic (exact) mass is 243 g/mol. The van der Waals surface area contributed by atoms with Crippen molar-refractivity contribution in [3.8, 4) is 5.82 Å². The van der Waals surface area contributed by atoms with Crippen LogP contribution in [-0.4, -0.2) is 14.8 Å². The number of benzene rings is 1. The highest BCUT2D eigenvalue weighted by Gasteiger charge is 2.09. The molecule has 0 N–H and O–H groups in total. The fraction of sp³-hybridized carbons (Fsp3) is 0.0833. The lowest BCUT2D eigenvalue weighted by molar-refractivity contribution is 0.865. The normalized spacial score (nSPS) is 10.9. The van der Waals surface area contributed by atoms with Crippen LogP contribution in [0, 0.1) is 6.92 Å². The van der Waals surface area contributed by atoms with Gasteiger partial charge in [-0.15, -0.1) is 0 Å². The van der Waals surface area contributed by atoms with Crippen LogP contribution in [0.3, 0.4) is 0 Å². The summed E-state index contributed by atoms with van der Waals surface area (Å²) < 4.78 is 1.52. The second kappa shape index (κ2) is 3.78. The number of nitrogens with zero attached hydrogens (tertiary/aromatic N) is 3. The van der Waals surface area contributed by atoms with E-state index in [1.54, 1.807) is 16.3 Å². The van der Waals surface area contributed by atoms with E-state index in [0.29, 0.717) is 5.82 Å². The van der Waals surface area contributed by atoms with Gasteiger partial charge >= 0.3 is 0 Å². The van der Waals surface area contributed by atoms with Crippen LogP contribution in [0.4, 0.5) is 0 Å². The average Bonchev–Trinajstić information content (AvgIpc) is 2.76. The molecule has 17 heavy (non-hydrogen) atoms. The SMILES string of the molecule is Cc1csc(=O)c(-n2ncc3ccccc32)n1. The number of fused-ring (bicyclic) bond motifs is 1. The summed E-state index contributed by atoms with van der Waals surface area (Å²) in [6.07, 6.45) is 1.74. The number of aryl methyl sites for hydroxylation is 1. The molecule has 0 atom stereocenters. The Kier molecular flexibility index (Phi) is 2.26. The van der Waals surface area contributed by atoms with Crippen molar-refractivity contribution in [2.24, 2.45) is 0 Å². The molecule has 0 radical (unpaired) electrons. The van der Waals surface area contributed by atoms with E-state index in [0.717, 1.165) is 27.9 Å². The fourth-order valence-electron chi connectivity index (χ4n) is 1.70. The largest absolute Gasteiger partial charge is 0.277 e. The first-order chi connectivity index (χ1) is 8.25. The summed E-state index contributed by atoms with van der Waals surface area (Å²) >= 11 is 1.15. The molecule has 0 bridgehead atoms. The smallest absolute Gasteiger partial charge is 0.274 e. The van der Waals surface area contributed by atoms with Gasteiger partial charge in [-0.3, -0.25) is 4.79 Å². The molecule has 0 saturated carbocycles. The average molecular weight is 243 g/mol. The summed E-state index contributed by atoms with van der Waals surface area (Å²) in [5, 5.41) is 6.98. The Labute approximate surface area is 101 Å². The molecule has 0 aliphatic heterocycles. The first-order valence-electron chi connectivity index (χ1n) is 5.15. The van der Waals surface area contributed by atoms with E-state index in [1.165, 1.54) is 0 Å². The number of hydrogen-bond acceptors (Lipinski definition) is 4. The zero-order valence-electron chi connectivity index (χ0n) is 9.12. The first kappa shape index (κ1) is 10.2. The standard InChI is InChI=1S/C12H9N3OS/c1-8-7-17-12(16)11(14-8)15-10-5-3-2-4-9(10)6-13-15/h2-7H,1H3. The molecule has 0 aliphatic carbocycles. The highest BCUT2D eigenvalue weighted by Crippen LogP contribution is 2.15. The van der Waals surface area contributed by atoms with Gasteiger partial charge < -0.3 is 0 Å². The molecule has 0 amide bonds. The summed E-state index contributed by atoms with van der Waals surface area (Å²) in [4.78, 5) is 16.1. The van der Waals surface area contributed by atoms with Gasteiger partial charge in [0.25, 0.3) is 4.74 Å². The summed E-state index contributed by atoms with van der Waals surface area (Å²) in [6.45, 7) is 1.87. The van der Waals surface area contributed by atoms with Crippen LogP contribution in [0.25, 0.3) is 16.7 Å². The highest BCUT2D eigenvalue weighted by molar-refractivity contribution is 7.07. The molecular weight excluding hydrogens is 234 g/mol. The van der Waals surface area contributed by atoms with Crippen molar-refractivity contribution < 1.29 is 0 Å². The summed E-state index contributed by atoms with van der Waals surface area (Å²) in [7, 11) is 0. The Balaban J connectivity index is 2.35. The van der Waals surface area contributed by atoms with Gasteiger partial charge in [-0.05, 0) is 13.0 Å². The lowest BCUT2D eigenvalue weighted by atomic mass is 10.3. The van der Waals surface area contributed by atoms with Crippen LogP contribution in [0.15, 0.2) is 40.6 Å². The molecule has 0 unspecified atom stereocenters. The van der Waals surface area contributed by atoms with Crippen LogP contribution in [0.5, 0.6) is 0 Å². The van der Waals surface area contributed by atoms with Crippen molar-refractivity contribution in [1.82, 2.24) is 14.8 Å². The van der Waals surface area contributed by atoms with E-state index >= 15 is 0 Å². The van der Waals surface area contributed by atoms with Gasteiger partial charge in [-0.2, -0.15) is 5.10 Å². The van der Waals surface area contributed by atoms with Crippen molar-refractivity contribution >= 4 is 22.2 Å². The third kappa shape index (κ3) is 1.64. The minimum atomic E-state index is -0.0792. The molecular formula is C12H9N3OS. The predicted molar refractivity (Wildman–Crippen MR) is 67.7 cm³/mol. The van der Waals surface area contributed by atoms with Crippen molar-refractivity contribution in [2.75, 3.05) is 0 Å². The number of aromatic nitrogens is 3. The molecule has 0 fully saturated rings. The van der Waals surface area contributed by atoms with Gasteiger partial charge in [0, 0.05) is 16.5 Å². The fourth-order valence-corrected chi connectivity index (χ4v) is 2.27. The molecule has 0 saturated heterocycles. The summed E-state index contributed by atoms with van der Waals surface area (Å²) in [5.74, 6) is 0.371. The minimum absolute atomic E-state index is 0.0792. The molecule has 2 heterocycles. The molecule has 5 heteroatoms. The Hall–Kier alpha value is -2.01. The Morgan fingerprint density at radius 1 is 1.29 bits per heavy atom. The topological polar surface area (TPSA) is 47.8 Å². The van der Waals surface area contributed by atoms with E-state index in [9.17, 15) is 4.79 Å². The van der Waals surface area contributed by atoms with Crippen LogP contribution >= 0.6 is 11.3 Å². The van der Waals surface area contributed by atoms with Crippen LogP contribution in [0.2, 0.25) is 0 Å². The maximum absolute atomic E-state index is 11.8. The number of hydrogen-bond donors (Lipinski definition) is 0. The lowest BCUT2D eigenvalue weighted by Gasteiger charge is -2.01. The van der Waals surface area contributed by atoms with Crippen LogP contribution in [-0.2, 0) is 0 Å². The zero-order chi connectivity index (χ0) is 11.8. The quantitative estimate of drug-likeness (QED) is 0.658. The third-order valence-electron chi connectivity index (χ3n) is 2.48. The summed E-state index contributed by atoms with van der Waals surface area (Å²) in [6, 6.07) is 7.75. The van der Waals surface area contributed by atoms with E-state index in [2.05, 4.69) is 10.1 Å². The maximum atomic E-state index is 11.8. The van der Waals surface area contributed by atoms with Gasteiger partial charge in [0.1, 0.15) is 0 Å². The van der Waals surface area contributed by atoms with E-state index in [-0.39, 0.29) is 4.74 Å². The van der Waals surface area contributed by atoms with Crippen LogP contribution < -0.4 is 4.74 Å². The molecule has 1 aromatic carbocycles. The van der Waals surface area contributed by atoms with Gasteiger partial charge in [0.2, 0.25) is 5.82 Å². The maximum Gasteiger partial charge on any atom is 0.277 e. The lowest BCUT2D eigenvalue weighted by Crippen LogP contribution is -2.12. The molecule has 3 aromatic rings. The van der Waals surface area contributed by atoms with Gasteiger partial charge in [-0.25, -0.2) is 9.67 Å². The minimum Gasteiger partial charge on any atom is -0.274 e. The molecule has 84 valence electrons. The van der Waals surface area contributed by atoms with E-state index in [4.69, 9.17) is 0 Å². The molecule has 0 spiro atoms. The second-order valence-electron chi connectivity index (χ2n) is 3.72. The van der Waals surface area contributed by atoms with E-state index in [1.807, 2.05) is 31.2 Å². The van der Waals surface area contributed by atoms with Gasteiger partial charge in [-0.1, -0.05) is 29.5 Å². The van der Waals surface area contributed by atoms with Gasteiger partial charge in [0.15, 0.2) is 0 Å². The molecule has 3 rings (SSSR count). The molecule has 2 aromatic heterocycles. The number of para-hydroxylation sites is 1. The molecule has 0 aliphatic rings. The highest BCUT2D eigenvalue weighted by atomic mass is 32.1. The van der Waals surface area contributed by atoms with Crippen molar-refractivity contribution in [3.63, 3.8) is 0 Å². The molecule has 4 nitrogen and oxygen atoms in total. The predicted octanol–water partition coefficient (Wildman–Crippen LogP) is 2.15. The first-order valence-corrected chi connectivity index (χ1v) is 6.03. The Morgan fingerprint density at radius 2 is 2.12 bits per heavy atom. The van der Waals surface area contributed by atoms with E-state index < -0.39 is 0 Å². The number of rotatable bonds is 1. The summed E-state index contributed by atoms with van der Waals surface area (Å²) in [5.41, 5.74) is 1.72. The Bertz CT molecular complexity index is 745. The van der Waals surface area contributed by atoms with Crippen molar-refractivity contribution in [3.05, 3.63) is 51.1 Å². The third-order valence-corrected chi connectivity index (χ3v) is 3.33. The van der Waals surface area contributed by atoms with Gasteiger partial charge in [0.05, 0.1) is 11.7 Å². The van der Waals surface area contributed by atoms with Crippen LogP contribution in [0.1, 0.15) is 5.69 Å². The zero-order valence-corrected chi connectivity index (χ0v) is 9.94. The van der Waals surface area contributed by atoms with Crippen molar-refractivity contribution in [2.45, 2.75) is 6.92 Å². The Morgan fingerprint density at radius 3 is 3.00 bits per heavy atom. The van der Waals surface area contributed by atoms with Crippen molar-refractivity contribution in [1.29, 1.82) is 0 Å².